The Labute approximate surface area is 140 Å². The van der Waals surface area contributed by atoms with Crippen molar-refractivity contribution >= 4 is 11.9 Å². The second-order valence-electron chi connectivity index (χ2n) is 5.33. The first-order valence-corrected chi connectivity index (χ1v) is 7.71. The summed E-state index contributed by atoms with van der Waals surface area (Å²) < 4.78 is 5.54. The van der Waals surface area contributed by atoms with Crippen LogP contribution in [0.5, 0.6) is 23.0 Å². The van der Waals surface area contributed by atoms with Crippen molar-refractivity contribution in [2.75, 3.05) is 6.61 Å². The molecule has 2 rings (SSSR count). The number of ketones is 1. The number of hydrogen-bond donors (Lipinski definition) is 3. The van der Waals surface area contributed by atoms with Crippen molar-refractivity contribution in [1.82, 2.24) is 0 Å². The Bertz CT molecular complexity index is 749. The molecule has 0 aromatic heterocycles. The van der Waals surface area contributed by atoms with Crippen LogP contribution in [0.3, 0.4) is 0 Å². The van der Waals surface area contributed by atoms with E-state index in [1.165, 1.54) is 36.4 Å². The quantitative estimate of drug-likeness (QED) is 0.311. The van der Waals surface area contributed by atoms with Crippen LogP contribution in [0.2, 0.25) is 0 Å². The van der Waals surface area contributed by atoms with E-state index in [9.17, 15) is 20.1 Å². The van der Waals surface area contributed by atoms with Crippen molar-refractivity contribution in [3.63, 3.8) is 0 Å². The normalized spacial score (nSPS) is 10.9. The monoisotopic (exact) mass is 328 g/mol. The molecule has 0 unspecified atom stereocenters. The number of phenols is 3. The van der Waals surface area contributed by atoms with Crippen LogP contribution < -0.4 is 4.74 Å². The van der Waals surface area contributed by atoms with Gasteiger partial charge in [0.25, 0.3) is 0 Å². The summed E-state index contributed by atoms with van der Waals surface area (Å²) >= 11 is 0. The Kier molecular flexibility index (Phi) is 5.84. The maximum Gasteiger partial charge on any atom is 0.189 e. The van der Waals surface area contributed by atoms with E-state index in [1.54, 1.807) is 12.1 Å². The van der Waals surface area contributed by atoms with Gasteiger partial charge in [-0.25, -0.2) is 0 Å². The average molecular weight is 328 g/mol. The number of allylic oxidation sites excluding steroid dienone is 1. The summed E-state index contributed by atoms with van der Waals surface area (Å²) in [5.41, 5.74) is 0.691. The lowest BCUT2D eigenvalue weighted by molar-refractivity contribution is 0.104. The molecule has 2 aromatic carbocycles. The summed E-state index contributed by atoms with van der Waals surface area (Å²) in [7, 11) is 0. The number of phenolic OH excluding ortho intramolecular Hbond substituents is 3. The van der Waals surface area contributed by atoms with Gasteiger partial charge in [-0.2, -0.15) is 0 Å². The van der Waals surface area contributed by atoms with Crippen LogP contribution in [-0.4, -0.2) is 27.7 Å². The summed E-state index contributed by atoms with van der Waals surface area (Å²) in [6.45, 7) is 2.61. The number of aromatic hydroxyl groups is 3. The summed E-state index contributed by atoms with van der Waals surface area (Å²) in [4.78, 5) is 12.3. The number of rotatable bonds is 7. The smallest absolute Gasteiger partial charge is 0.189 e. The fourth-order valence-corrected chi connectivity index (χ4v) is 2.04. The third kappa shape index (κ3) is 4.52. The molecule has 0 saturated heterocycles. The van der Waals surface area contributed by atoms with Crippen LogP contribution in [0.4, 0.5) is 0 Å². The molecule has 0 radical (unpaired) electrons. The standard InChI is InChI=1S/C19H20O5/c1-2-3-10-24-14-6-9-17(21)15(12-14)16(20)7-4-13-5-8-18(22)19(23)11-13/h4-9,11-12,21-23H,2-3,10H2,1H3/b7-4+. The Hall–Kier alpha value is -2.95. The summed E-state index contributed by atoms with van der Waals surface area (Å²) in [6, 6.07) is 8.77. The molecule has 24 heavy (non-hydrogen) atoms. The molecule has 0 aliphatic rings. The number of benzene rings is 2. The van der Waals surface area contributed by atoms with Crippen LogP contribution >= 0.6 is 0 Å². The van der Waals surface area contributed by atoms with Gasteiger partial charge in [-0.05, 0) is 48.4 Å². The molecular weight excluding hydrogens is 308 g/mol. The molecule has 0 saturated carbocycles. The van der Waals surface area contributed by atoms with E-state index in [4.69, 9.17) is 4.74 Å². The Morgan fingerprint density at radius 2 is 1.79 bits per heavy atom. The SMILES string of the molecule is CCCCOc1ccc(O)c(C(=O)/C=C/c2ccc(O)c(O)c2)c1. The van der Waals surface area contributed by atoms with Gasteiger partial charge in [0.2, 0.25) is 0 Å². The van der Waals surface area contributed by atoms with Gasteiger partial charge in [-0.1, -0.05) is 25.5 Å². The number of hydrogen-bond acceptors (Lipinski definition) is 5. The van der Waals surface area contributed by atoms with Gasteiger partial charge >= 0.3 is 0 Å². The van der Waals surface area contributed by atoms with Crippen molar-refractivity contribution in [1.29, 1.82) is 0 Å². The van der Waals surface area contributed by atoms with Crippen molar-refractivity contribution in [2.24, 2.45) is 0 Å². The van der Waals surface area contributed by atoms with E-state index in [-0.39, 0.29) is 28.6 Å². The molecule has 0 fully saturated rings. The lowest BCUT2D eigenvalue weighted by Gasteiger charge is -2.07. The molecule has 126 valence electrons. The van der Waals surface area contributed by atoms with Gasteiger partial charge in [0.05, 0.1) is 12.2 Å². The Balaban J connectivity index is 2.14. The maximum atomic E-state index is 12.3. The molecule has 0 atom stereocenters. The lowest BCUT2D eigenvalue weighted by Crippen LogP contribution is -2.00. The highest BCUT2D eigenvalue weighted by atomic mass is 16.5. The largest absolute Gasteiger partial charge is 0.507 e. The molecule has 2 aromatic rings. The molecule has 5 nitrogen and oxygen atoms in total. The highest BCUT2D eigenvalue weighted by Crippen LogP contribution is 2.27. The molecule has 0 heterocycles. The first kappa shape index (κ1) is 17.4. The highest BCUT2D eigenvalue weighted by molar-refractivity contribution is 6.08. The van der Waals surface area contributed by atoms with Crippen molar-refractivity contribution in [3.8, 4) is 23.0 Å². The van der Waals surface area contributed by atoms with E-state index < -0.39 is 0 Å². The van der Waals surface area contributed by atoms with Gasteiger partial charge in [0.15, 0.2) is 17.3 Å². The molecule has 3 N–H and O–H groups in total. The van der Waals surface area contributed by atoms with Crippen molar-refractivity contribution in [3.05, 3.63) is 53.6 Å². The van der Waals surface area contributed by atoms with Crippen LogP contribution in [0.15, 0.2) is 42.5 Å². The van der Waals surface area contributed by atoms with Crippen molar-refractivity contribution < 1.29 is 24.9 Å². The van der Waals surface area contributed by atoms with E-state index in [0.717, 1.165) is 12.8 Å². The van der Waals surface area contributed by atoms with E-state index in [0.29, 0.717) is 17.9 Å². The molecule has 0 amide bonds. The van der Waals surface area contributed by atoms with Crippen LogP contribution in [-0.2, 0) is 0 Å². The molecule has 0 aliphatic carbocycles. The van der Waals surface area contributed by atoms with Crippen LogP contribution in [0, 0.1) is 0 Å². The van der Waals surface area contributed by atoms with Gasteiger partial charge in [0.1, 0.15) is 11.5 Å². The summed E-state index contributed by atoms with van der Waals surface area (Å²) in [5, 5.41) is 28.6. The predicted molar refractivity (Wildman–Crippen MR) is 91.6 cm³/mol. The zero-order valence-electron chi connectivity index (χ0n) is 13.4. The topological polar surface area (TPSA) is 87.0 Å². The van der Waals surface area contributed by atoms with Crippen molar-refractivity contribution in [2.45, 2.75) is 19.8 Å². The van der Waals surface area contributed by atoms with Gasteiger partial charge in [-0.3, -0.25) is 4.79 Å². The third-order valence-corrected chi connectivity index (χ3v) is 3.43. The minimum atomic E-state index is -0.388. The highest BCUT2D eigenvalue weighted by Gasteiger charge is 2.10. The number of ether oxygens (including phenoxy) is 1. The van der Waals surface area contributed by atoms with E-state index in [1.807, 2.05) is 0 Å². The molecule has 0 bridgehead atoms. The Morgan fingerprint density at radius 1 is 1.04 bits per heavy atom. The lowest BCUT2D eigenvalue weighted by atomic mass is 10.1. The number of carbonyl (C=O) groups is 1. The third-order valence-electron chi connectivity index (χ3n) is 3.43. The summed E-state index contributed by atoms with van der Waals surface area (Å²) in [5.74, 6) is -0.478. The van der Waals surface area contributed by atoms with Gasteiger partial charge in [0, 0.05) is 0 Å². The molecule has 0 spiro atoms. The fourth-order valence-electron chi connectivity index (χ4n) is 2.04. The van der Waals surface area contributed by atoms with Crippen LogP contribution in [0.1, 0.15) is 35.7 Å². The zero-order valence-corrected chi connectivity index (χ0v) is 13.4. The van der Waals surface area contributed by atoms with Gasteiger partial charge in [-0.15, -0.1) is 0 Å². The minimum Gasteiger partial charge on any atom is -0.507 e. The minimum absolute atomic E-state index is 0.124. The summed E-state index contributed by atoms with van der Waals surface area (Å²) in [6.07, 6.45) is 4.70. The molecule has 5 heteroatoms. The first-order chi connectivity index (χ1) is 11.5. The van der Waals surface area contributed by atoms with Gasteiger partial charge < -0.3 is 20.1 Å². The van der Waals surface area contributed by atoms with Crippen LogP contribution in [0.25, 0.3) is 6.08 Å². The Morgan fingerprint density at radius 3 is 2.50 bits per heavy atom. The zero-order chi connectivity index (χ0) is 17.5. The molecule has 0 aliphatic heterocycles. The number of carbonyl (C=O) groups excluding carboxylic acids is 1. The molecular formula is C19H20O5. The first-order valence-electron chi connectivity index (χ1n) is 7.71. The van der Waals surface area contributed by atoms with E-state index in [2.05, 4.69) is 6.92 Å². The second kappa shape index (κ2) is 8.06. The predicted octanol–water partition coefficient (Wildman–Crippen LogP) is 3.88. The van der Waals surface area contributed by atoms with E-state index >= 15 is 0 Å². The second-order valence-corrected chi connectivity index (χ2v) is 5.33. The fraction of sp³-hybridized carbons (Fsp3) is 0.211. The maximum absolute atomic E-state index is 12.3. The average Bonchev–Trinajstić information content (AvgIpc) is 2.57. The number of unbranched alkanes of at least 4 members (excludes halogenated alkanes) is 1.